The minimum Gasteiger partial charge on any atom is -0.315 e. The molecule has 0 radical (unpaired) electrons. The van der Waals surface area contributed by atoms with Crippen LogP contribution in [0.15, 0.2) is 0 Å². The Bertz CT molecular complexity index is 152. The van der Waals surface area contributed by atoms with E-state index in [2.05, 4.69) is 17.1 Å². The van der Waals surface area contributed by atoms with Crippen molar-refractivity contribution in [1.82, 2.24) is 10.2 Å². The summed E-state index contributed by atoms with van der Waals surface area (Å²) < 4.78 is 0. The third-order valence-electron chi connectivity index (χ3n) is 3.48. The van der Waals surface area contributed by atoms with Crippen LogP contribution in [0.4, 0.5) is 0 Å². The van der Waals surface area contributed by atoms with E-state index in [9.17, 15) is 0 Å². The Morgan fingerprint density at radius 3 is 2.85 bits per heavy atom. The van der Waals surface area contributed by atoms with Gasteiger partial charge in [-0.3, -0.25) is 4.90 Å². The highest BCUT2D eigenvalue weighted by Gasteiger charge is 2.24. The highest BCUT2D eigenvalue weighted by atomic mass is 15.2. The molecule has 2 aliphatic heterocycles. The first-order valence-corrected chi connectivity index (χ1v) is 5.81. The topological polar surface area (TPSA) is 15.3 Å². The van der Waals surface area contributed by atoms with E-state index in [1.807, 2.05) is 0 Å². The lowest BCUT2D eigenvalue weighted by Crippen LogP contribution is -2.49. The molecular weight excluding hydrogens is 160 g/mol. The molecule has 2 saturated heterocycles. The Hall–Kier alpha value is -0.0800. The molecule has 0 aliphatic carbocycles. The molecule has 1 N–H and O–H groups in total. The summed E-state index contributed by atoms with van der Waals surface area (Å²) in [5.41, 5.74) is 0. The number of piperidine rings is 2. The predicted molar refractivity (Wildman–Crippen MR) is 55.9 cm³/mol. The monoisotopic (exact) mass is 182 g/mol. The van der Waals surface area contributed by atoms with Gasteiger partial charge in [-0.1, -0.05) is 6.92 Å². The van der Waals surface area contributed by atoms with Crippen molar-refractivity contribution in [3.8, 4) is 0 Å². The molecule has 0 spiro atoms. The minimum atomic E-state index is 0.844. The second kappa shape index (κ2) is 4.43. The van der Waals surface area contributed by atoms with E-state index in [0.717, 1.165) is 12.0 Å². The quantitative estimate of drug-likeness (QED) is 0.660. The van der Waals surface area contributed by atoms with Gasteiger partial charge >= 0.3 is 0 Å². The summed E-state index contributed by atoms with van der Waals surface area (Å²) in [6.07, 6.45) is 5.64. The first kappa shape index (κ1) is 9.47. The third-order valence-corrected chi connectivity index (χ3v) is 3.48. The lowest BCUT2D eigenvalue weighted by atomic mass is 9.96. The molecule has 0 amide bonds. The smallest absolute Gasteiger partial charge is 0.0221 e. The Labute approximate surface area is 81.7 Å². The van der Waals surface area contributed by atoms with E-state index < -0.39 is 0 Å². The molecule has 0 aromatic rings. The average Bonchev–Trinajstić information content (AvgIpc) is 2.19. The van der Waals surface area contributed by atoms with Crippen LogP contribution in [0.3, 0.4) is 0 Å². The van der Waals surface area contributed by atoms with Crippen LogP contribution in [0.25, 0.3) is 0 Å². The fraction of sp³-hybridized carbons (Fsp3) is 1.00. The average molecular weight is 182 g/mol. The van der Waals surface area contributed by atoms with E-state index in [1.165, 1.54) is 51.9 Å². The second-order valence-corrected chi connectivity index (χ2v) is 4.74. The maximum atomic E-state index is 3.51. The summed E-state index contributed by atoms with van der Waals surface area (Å²) in [5, 5.41) is 3.51. The number of likely N-dealkylation sites (tertiary alicyclic amines) is 1. The molecule has 2 fully saturated rings. The van der Waals surface area contributed by atoms with Gasteiger partial charge in [0.2, 0.25) is 0 Å². The van der Waals surface area contributed by atoms with E-state index in [-0.39, 0.29) is 0 Å². The molecule has 2 rings (SSSR count). The first-order chi connectivity index (χ1) is 6.36. The molecule has 2 nitrogen and oxygen atoms in total. The summed E-state index contributed by atoms with van der Waals surface area (Å²) >= 11 is 0. The summed E-state index contributed by atoms with van der Waals surface area (Å²) in [5.74, 6) is 0.927. The fourth-order valence-corrected chi connectivity index (χ4v) is 2.70. The number of hydrogen-bond donors (Lipinski definition) is 1. The van der Waals surface area contributed by atoms with Crippen LogP contribution in [0.1, 0.15) is 32.6 Å². The van der Waals surface area contributed by atoms with E-state index in [0.29, 0.717) is 0 Å². The second-order valence-electron chi connectivity index (χ2n) is 4.74. The van der Waals surface area contributed by atoms with E-state index in [1.54, 1.807) is 0 Å². The van der Waals surface area contributed by atoms with Crippen LogP contribution < -0.4 is 5.32 Å². The lowest BCUT2D eigenvalue weighted by molar-refractivity contribution is 0.111. The molecule has 2 aliphatic rings. The van der Waals surface area contributed by atoms with Gasteiger partial charge in [0.25, 0.3) is 0 Å². The third kappa shape index (κ3) is 2.44. The number of nitrogens with zero attached hydrogens (tertiary/aromatic N) is 1. The number of hydrogen-bond acceptors (Lipinski definition) is 2. The number of nitrogens with one attached hydrogen (secondary N) is 1. The molecule has 2 atom stereocenters. The van der Waals surface area contributed by atoms with Crippen molar-refractivity contribution in [2.45, 2.75) is 38.6 Å². The summed E-state index contributed by atoms with van der Waals surface area (Å²) in [6, 6.07) is 0.844. The van der Waals surface area contributed by atoms with Crippen molar-refractivity contribution in [2.24, 2.45) is 5.92 Å². The standard InChI is InChI=1S/C11H22N2/c1-10-4-3-7-13(9-10)11-5-2-6-12-8-11/h10-12H,2-9H2,1H3/t10-,11+/m0/s1. The molecule has 0 bridgehead atoms. The highest BCUT2D eigenvalue weighted by Crippen LogP contribution is 2.20. The van der Waals surface area contributed by atoms with Crippen molar-refractivity contribution in [2.75, 3.05) is 26.2 Å². The van der Waals surface area contributed by atoms with Crippen LogP contribution in [0.5, 0.6) is 0 Å². The Kier molecular flexibility index (Phi) is 3.23. The zero-order chi connectivity index (χ0) is 9.10. The van der Waals surface area contributed by atoms with Crippen LogP contribution in [0, 0.1) is 5.92 Å². The van der Waals surface area contributed by atoms with Gasteiger partial charge in [-0.2, -0.15) is 0 Å². The predicted octanol–water partition coefficient (Wildman–Crippen LogP) is 1.47. The molecule has 0 unspecified atom stereocenters. The Morgan fingerprint density at radius 1 is 1.23 bits per heavy atom. The molecule has 0 saturated carbocycles. The van der Waals surface area contributed by atoms with E-state index in [4.69, 9.17) is 0 Å². The van der Waals surface area contributed by atoms with Crippen LogP contribution in [0.2, 0.25) is 0 Å². The van der Waals surface area contributed by atoms with Crippen molar-refractivity contribution in [3.05, 3.63) is 0 Å². The van der Waals surface area contributed by atoms with Crippen LogP contribution in [-0.2, 0) is 0 Å². The van der Waals surface area contributed by atoms with Crippen LogP contribution >= 0.6 is 0 Å². The van der Waals surface area contributed by atoms with Gasteiger partial charge in [0.15, 0.2) is 0 Å². The van der Waals surface area contributed by atoms with Gasteiger partial charge in [-0.25, -0.2) is 0 Å². The molecule has 76 valence electrons. The van der Waals surface area contributed by atoms with Crippen molar-refractivity contribution in [1.29, 1.82) is 0 Å². The van der Waals surface area contributed by atoms with Crippen molar-refractivity contribution < 1.29 is 0 Å². The van der Waals surface area contributed by atoms with Crippen molar-refractivity contribution in [3.63, 3.8) is 0 Å². The van der Waals surface area contributed by atoms with Gasteiger partial charge in [0, 0.05) is 19.1 Å². The fourth-order valence-electron chi connectivity index (χ4n) is 2.70. The molecule has 2 heterocycles. The van der Waals surface area contributed by atoms with Gasteiger partial charge in [0.05, 0.1) is 0 Å². The Balaban J connectivity index is 1.83. The number of rotatable bonds is 1. The zero-order valence-corrected chi connectivity index (χ0v) is 8.76. The largest absolute Gasteiger partial charge is 0.315 e. The van der Waals surface area contributed by atoms with Gasteiger partial charge in [0.1, 0.15) is 0 Å². The maximum absolute atomic E-state index is 3.51. The molecular formula is C11H22N2. The maximum Gasteiger partial charge on any atom is 0.0221 e. The molecule has 0 aromatic carbocycles. The van der Waals surface area contributed by atoms with Gasteiger partial charge < -0.3 is 5.32 Å². The SMILES string of the molecule is C[C@H]1CCCN([C@@H]2CCCNC2)C1. The molecule has 2 heteroatoms. The highest BCUT2D eigenvalue weighted by molar-refractivity contribution is 4.81. The van der Waals surface area contributed by atoms with E-state index >= 15 is 0 Å². The summed E-state index contributed by atoms with van der Waals surface area (Å²) in [7, 11) is 0. The summed E-state index contributed by atoms with van der Waals surface area (Å²) in [6.45, 7) is 7.54. The first-order valence-electron chi connectivity index (χ1n) is 5.81. The Morgan fingerprint density at radius 2 is 2.15 bits per heavy atom. The van der Waals surface area contributed by atoms with Gasteiger partial charge in [-0.15, -0.1) is 0 Å². The molecule has 13 heavy (non-hydrogen) atoms. The lowest BCUT2D eigenvalue weighted by Gasteiger charge is -2.39. The van der Waals surface area contributed by atoms with Gasteiger partial charge in [-0.05, 0) is 44.7 Å². The summed E-state index contributed by atoms with van der Waals surface area (Å²) in [4.78, 5) is 2.71. The normalized spacial score (nSPS) is 37.6. The molecule has 0 aromatic heterocycles. The zero-order valence-electron chi connectivity index (χ0n) is 8.76. The van der Waals surface area contributed by atoms with Crippen LogP contribution in [-0.4, -0.2) is 37.1 Å². The minimum absolute atomic E-state index is 0.844. The van der Waals surface area contributed by atoms with Crippen molar-refractivity contribution >= 4 is 0 Å².